The molecule has 0 fully saturated rings. The Morgan fingerprint density at radius 1 is 1.27 bits per heavy atom. The van der Waals surface area contributed by atoms with Gasteiger partial charge in [-0.25, -0.2) is 0 Å². The highest BCUT2D eigenvalue weighted by Crippen LogP contribution is 2.15. The summed E-state index contributed by atoms with van der Waals surface area (Å²) in [7, 11) is -3.13. The van der Waals surface area contributed by atoms with Gasteiger partial charge in [0.1, 0.15) is 5.75 Å². The van der Waals surface area contributed by atoms with Gasteiger partial charge in [-0.2, -0.15) is 8.42 Å². The summed E-state index contributed by atoms with van der Waals surface area (Å²) in [5.74, 6) is 0.135. The average molecular weight is 230 g/mol. The zero-order valence-electron chi connectivity index (χ0n) is 8.25. The summed E-state index contributed by atoms with van der Waals surface area (Å²) in [6, 6.07) is 6.37. The van der Waals surface area contributed by atoms with Crippen LogP contribution in [0.25, 0.3) is 0 Å². The van der Waals surface area contributed by atoms with Crippen LogP contribution in [-0.4, -0.2) is 19.9 Å². The fourth-order valence-corrected chi connectivity index (χ4v) is 1.35. The smallest absolute Gasteiger partial charge is 0.366 e. The van der Waals surface area contributed by atoms with E-state index in [1.807, 2.05) is 6.92 Å². The number of hydrogen-bond donors (Lipinski definition) is 0. The van der Waals surface area contributed by atoms with E-state index < -0.39 is 10.3 Å². The number of rotatable bonds is 4. The van der Waals surface area contributed by atoms with Gasteiger partial charge in [-0.3, -0.25) is 0 Å². The van der Waals surface area contributed by atoms with E-state index in [0.717, 1.165) is 12.6 Å². The lowest BCUT2D eigenvalue weighted by Crippen LogP contribution is -2.25. The maximum atomic E-state index is 11.2. The predicted octanol–water partition coefficient (Wildman–Crippen LogP) is 1.23. The Labute approximate surface area is 87.7 Å². The molecule has 1 rings (SSSR count). The quantitative estimate of drug-likeness (QED) is 0.575. The third-order valence-electron chi connectivity index (χ3n) is 1.66. The molecular formula is C8H10N2O4S. The Bertz CT molecular complexity index is 440. The molecule has 1 aromatic carbocycles. The van der Waals surface area contributed by atoms with Crippen molar-refractivity contribution in [1.29, 1.82) is 0 Å². The Morgan fingerprint density at radius 2 is 1.80 bits per heavy atom. The Balaban J connectivity index is 2.87. The Morgan fingerprint density at radius 3 is 2.27 bits per heavy atom. The van der Waals surface area contributed by atoms with Crippen LogP contribution in [0, 0.1) is 11.8 Å². The second-order valence-corrected chi connectivity index (χ2v) is 4.42. The first-order chi connectivity index (χ1) is 6.95. The molecule has 1 aromatic rings. The molecule has 0 aromatic heterocycles. The van der Waals surface area contributed by atoms with Gasteiger partial charge in [0.25, 0.3) is 0 Å². The van der Waals surface area contributed by atoms with Gasteiger partial charge in [0.2, 0.25) is 0 Å². The molecule has 0 aliphatic carbocycles. The molecule has 0 saturated heterocycles. The highest BCUT2D eigenvalue weighted by molar-refractivity contribution is 7.84. The van der Waals surface area contributed by atoms with Crippen molar-refractivity contribution in [2.75, 3.05) is 7.05 Å². The van der Waals surface area contributed by atoms with Crippen molar-refractivity contribution in [2.45, 2.75) is 6.92 Å². The van der Waals surface area contributed by atoms with Crippen LogP contribution < -0.4 is 4.18 Å². The summed E-state index contributed by atoms with van der Waals surface area (Å²) in [6.45, 7) is 1.86. The predicted molar refractivity (Wildman–Crippen MR) is 54.3 cm³/mol. The molecule has 0 bridgehead atoms. The van der Waals surface area contributed by atoms with Crippen LogP contribution in [0.4, 0.5) is 0 Å². The minimum absolute atomic E-state index is 0.135. The second-order valence-electron chi connectivity index (χ2n) is 2.87. The minimum Gasteiger partial charge on any atom is -0.366 e. The molecule has 0 heterocycles. The molecule has 0 atom stereocenters. The lowest BCUT2D eigenvalue weighted by Gasteiger charge is -2.10. The second kappa shape index (κ2) is 4.26. The zero-order valence-corrected chi connectivity index (χ0v) is 9.06. The summed E-state index contributed by atoms with van der Waals surface area (Å²) in [6.07, 6.45) is 0. The van der Waals surface area contributed by atoms with Gasteiger partial charge in [-0.05, 0) is 19.1 Å². The van der Waals surface area contributed by atoms with Crippen molar-refractivity contribution < 1.29 is 12.6 Å². The molecule has 0 saturated carbocycles. The van der Waals surface area contributed by atoms with Crippen LogP contribution in [0.2, 0.25) is 0 Å². The van der Waals surface area contributed by atoms with Crippen LogP contribution in [0.15, 0.2) is 29.6 Å². The first kappa shape index (κ1) is 11.4. The summed E-state index contributed by atoms with van der Waals surface area (Å²) in [4.78, 5) is 10.0. The number of nitrogens with zero attached hydrogens (tertiary/aromatic N) is 2. The molecular weight excluding hydrogens is 220 g/mol. The van der Waals surface area contributed by atoms with Gasteiger partial charge in [0.05, 0.1) is 5.29 Å². The molecule has 0 unspecified atom stereocenters. The molecule has 0 amide bonds. The topological polar surface area (TPSA) is 76.0 Å². The van der Waals surface area contributed by atoms with E-state index in [0.29, 0.717) is 0 Å². The summed E-state index contributed by atoms with van der Waals surface area (Å²) < 4.78 is 27.3. The minimum atomic E-state index is -4.12. The number of hydrogen-bond acceptors (Lipinski definition) is 5. The zero-order chi connectivity index (χ0) is 11.5. The van der Waals surface area contributed by atoms with Gasteiger partial charge in [-0.1, -0.05) is 17.7 Å². The lowest BCUT2D eigenvalue weighted by molar-refractivity contribution is 0.400. The molecule has 0 aliphatic rings. The first-order valence-corrected chi connectivity index (χ1v) is 5.40. The number of aryl methyl sites for hydroxylation is 1. The fourth-order valence-electron chi connectivity index (χ4n) is 0.810. The monoisotopic (exact) mass is 230 g/mol. The van der Waals surface area contributed by atoms with Crippen LogP contribution in [0.3, 0.4) is 0 Å². The molecule has 0 N–H and O–H groups in total. The van der Waals surface area contributed by atoms with Gasteiger partial charge in [0, 0.05) is 7.05 Å². The van der Waals surface area contributed by atoms with E-state index >= 15 is 0 Å². The van der Waals surface area contributed by atoms with Crippen molar-refractivity contribution in [3.8, 4) is 5.75 Å². The van der Waals surface area contributed by atoms with Crippen molar-refractivity contribution in [3.05, 3.63) is 34.7 Å². The number of benzene rings is 1. The van der Waals surface area contributed by atoms with Gasteiger partial charge in [-0.15, -0.1) is 9.32 Å². The highest BCUT2D eigenvalue weighted by Gasteiger charge is 2.19. The van der Waals surface area contributed by atoms with E-state index in [-0.39, 0.29) is 10.2 Å². The lowest BCUT2D eigenvalue weighted by atomic mass is 10.2. The van der Waals surface area contributed by atoms with E-state index in [4.69, 9.17) is 0 Å². The van der Waals surface area contributed by atoms with Crippen molar-refractivity contribution >= 4 is 10.3 Å². The summed E-state index contributed by atoms with van der Waals surface area (Å²) >= 11 is 0. The SMILES string of the molecule is Cc1ccc(OS(=O)(=O)N(C)N=O)cc1. The molecule has 7 heteroatoms. The molecule has 0 spiro atoms. The normalized spacial score (nSPS) is 10.8. The van der Waals surface area contributed by atoms with Crippen molar-refractivity contribution in [2.24, 2.45) is 5.29 Å². The largest absolute Gasteiger partial charge is 0.427 e. The molecule has 15 heavy (non-hydrogen) atoms. The molecule has 0 radical (unpaired) electrons. The van der Waals surface area contributed by atoms with Crippen LogP contribution in [0.1, 0.15) is 5.56 Å². The molecule has 82 valence electrons. The Hall–Kier alpha value is -1.63. The van der Waals surface area contributed by atoms with E-state index in [1.165, 1.54) is 12.1 Å². The Kier molecular flexibility index (Phi) is 3.25. The highest BCUT2D eigenvalue weighted by atomic mass is 32.2. The third-order valence-corrected chi connectivity index (χ3v) is 2.78. The van der Waals surface area contributed by atoms with Crippen LogP contribution in [0.5, 0.6) is 5.75 Å². The fraction of sp³-hybridized carbons (Fsp3) is 0.250. The maximum absolute atomic E-state index is 11.2. The first-order valence-electron chi connectivity index (χ1n) is 4.04. The molecule has 6 nitrogen and oxygen atoms in total. The third kappa shape index (κ3) is 2.91. The number of nitroso groups, excluding NO2 is 1. The van der Waals surface area contributed by atoms with Crippen molar-refractivity contribution in [3.63, 3.8) is 0 Å². The van der Waals surface area contributed by atoms with Gasteiger partial charge in [0.15, 0.2) is 0 Å². The van der Waals surface area contributed by atoms with Crippen molar-refractivity contribution in [1.82, 2.24) is 4.41 Å². The van der Waals surface area contributed by atoms with Crippen LogP contribution in [-0.2, 0) is 10.3 Å². The van der Waals surface area contributed by atoms with Gasteiger partial charge < -0.3 is 4.18 Å². The van der Waals surface area contributed by atoms with E-state index in [2.05, 4.69) is 9.47 Å². The van der Waals surface area contributed by atoms with Gasteiger partial charge >= 0.3 is 10.3 Å². The average Bonchev–Trinajstić information content (AvgIpc) is 2.20. The molecule has 0 aliphatic heterocycles. The van der Waals surface area contributed by atoms with E-state index in [1.54, 1.807) is 12.1 Å². The summed E-state index contributed by atoms with van der Waals surface area (Å²) in [5, 5.41) is 2.24. The maximum Gasteiger partial charge on any atom is 0.427 e. The standard InChI is InChI=1S/C8H10N2O4S/c1-7-3-5-8(6-4-7)14-15(12,13)10(2)9-11/h3-6H,1-2H3. The van der Waals surface area contributed by atoms with Crippen LogP contribution >= 0.6 is 0 Å². The van der Waals surface area contributed by atoms with E-state index in [9.17, 15) is 13.3 Å². The summed E-state index contributed by atoms with van der Waals surface area (Å²) in [5.41, 5.74) is 0.974.